The van der Waals surface area contributed by atoms with Gasteiger partial charge in [0.05, 0.1) is 4.91 Å². The van der Waals surface area contributed by atoms with E-state index in [1.165, 1.54) is 11.8 Å². The molecule has 0 saturated carbocycles. The molecule has 3 heterocycles. The van der Waals surface area contributed by atoms with Crippen molar-refractivity contribution in [1.29, 1.82) is 5.26 Å². The lowest BCUT2D eigenvalue weighted by atomic mass is 10.0. The average Bonchev–Trinajstić information content (AvgIpc) is 3.05. The molecule has 0 spiro atoms. The van der Waals surface area contributed by atoms with Gasteiger partial charge in [-0.1, -0.05) is 37.8 Å². The predicted octanol–water partition coefficient (Wildman–Crippen LogP) is 3.19. The van der Waals surface area contributed by atoms with Crippen LogP contribution in [0.4, 0.5) is 5.82 Å². The predicted molar refractivity (Wildman–Crippen MR) is 135 cm³/mol. The van der Waals surface area contributed by atoms with Crippen LogP contribution in [-0.4, -0.2) is 63.4 Å². The third-order valence-corrected chi connectivity index (χ3v) is 7.36. The Balaban J connectivity index is 2.21. The Kier molecular flexibility index (Phi) is 7.80. The summed E-state index contributed by atoms with van der Waals surface area (Å²) < 4.78 is 2.26. The van der Waals surface area contributed by atoms with Crippen molar-refractivity contribution in [1.82, 2.24) is 14.4 Å². The number of anilines is 1. The van der Waals surface area contributed by atoms with Crippen LogP contribution in [0, 0.1) is 18.3 Å². The Bertz CT molecular complexity index is 1050. The van der Waals surface area contributed by atoms with Gasteiger partial charge < -0.3 is 9.80 Å². The normalized spacial score (nSPS) is 18.8. The molecular weight excluding hydrogens is 442 g/mol. The van der Waals surface area contributed by atoms with Crippen molar-refractivity contribution >= 4 is 46.1 Å². The topological polar surface area (TPSA) is 72.6 Å². The Morgan fingerprint density at radius 2 is 1.84 bits per heavy atom. The molecule has 0 aromatic carbocycles. The number of thiocarbonyl (C=S) groups is 1. The van der Waals surface area contributed by atoms with Crippen LogP contribution < -0.4 is 10.5 Å². The second-order valence-electron chi connectivity index (χ2n) is 8.37. The Labute approximate surface area is 199 Å². The molecule has 172 valence electrons. The van der Waals surface area contributed by atoms with E-state index in [4.69, 9.17) is 12.2 Å². The number of thioether (sulfide) groups is 1. The molecule has 2 aliphatic heterocycles. The van der Waals surface area contributed by atoms with Gasteiger partial charge in [0.15, 0.2) is 0 Å². The molecule has 1 amide bonds. The number of nitriles is 1. The van der Waals surface area contributed by atoms with E-state index in [-0.39, 0.29) is 23.1 Å². The fourth-order valence-electron chi connectivity index (χ4n) is 4.25. The molecule has 9 heteroatoms. The lowest BCUT2D eigenvalue weighted by Crippen LogP contribution is -2.48. The second kappa shape index (κ2) is 10.2. The molecule has 2 aliphatic rings. The maximum absolute atomic E-state index is 13.2. The van der Waals surface area contributed by atoms with E-state index in [1.54, 1.807) is 16.4 Å². The monoisotopic (exact) mass is 473 g/mol. The van der Waals surface area contributed by atoms with Gasteiger partial charge in [-0.05, 0) is 45.4 Å². The van der Waals surface area contributed by atoms with Crippen LogP contribution in [0.1, 0.15) is 50.8 Å². The number of aromatic nitrogens is 1. The van der Waals surface area contributed by atoms with Gasteiger partial charge in [-0.25, -0.2) is 0 Å². The fraction of sp³-hybridized carbons (Fsp3) is 0.565. The van der Waals surface area contributed by atoms with Crippen molar-refractivity contribution in [3.8, 4) is 6.07 Å². The zero-order valence-electron chi connectivity index (χ0n) is 19.5. The van der Waals surface area contributed by atoms with Gasteiger partial charge in [0.25, 0.3) is 11.5 Å². The first kappa shape index (κ1) is 24.5. The van der Waals surface area contributed by atoms with Gasteiger partial charge in [-0.3, -0.25) is 19.1 Å². The van der Waals surface area contributed by atoms with Crippen molar-refractivity contribution in [2.45, 2.75) is 53.6 Å². The number of pyridine rings is 1. The first-order valence-electron chi connectivity index (χ1n) is 11.2. The minimum atomic E-state index is -0.258. The summed E-state index contributed by atoms with van der Waals surface area (Å²) in [5, 5.41) is 9.75. The summed E-state index contributed by atoms with van der Waals surface area (Å²) in [7, 11) is 0. The lowest BCUT2D eigenvalue weighted by Gasteiger charge is -2.37. The van der Waals surface area contributed by atoms with E-state index in [9.17, 15) is 14.9 Å². The minimum Gasteiger partial charge on any atom is -0.355 e. The van der Waals surface area contributed by atoms with E-state index in [0.717, 1.165) is 50.5 Å². The summed E-state index contributed by atoms with van der Waals surface area (Å²) in [4.78, 5) is 33.1. The maximum atomic E-state index is 13.2. The summed E-state index contributed by atoms with van der Waals surface area (Å²) >= 11 is 6.73. The molecule has 7 nitrogen and oxygen atoms in total. The molecular formula is C23H31N5O2S2. The Morgan fingerprint density at radius 3 is 2.34 bits per heavy atom. The number of likely N-dealkylation sites (N-methyl/N-ethyl adjacent to an activating group) is 1. The molecule has 0 atom stereocenters. The third-order valence-electron chi connectivity index (χ3n) is 6.03. The van der Waals surface area contributed by atoms with Crippen molar-refractivity contribution in [2.24, 2.45) is 0 Å². The number of amides is 1. The Morgan fingerprint density at radius 1 is 1.19 bits per heavy atom. The van der Waals surface area contributed by atoms with E-state index < -0.39 is 0 Å². The van der Waals surface area contributed by atoms with Crippen molar-refractivity contribution in [3.63, 3.8) is 0 Å². The summed E-state index contributed by atoms with van der Waals surface area (Å²) in [6, 6.07) is 2.08. The van der Waals surface area contributed by atoms with Gasteiger partial charge in [0.2, 0.25) is 0 Å². The molecule has 0 unspecified atom stereocenters. The summed E-state index contributed by atoms with van der Waals surface area (Å²) in [6.45, 7) is 14.7. The quantitative estimate of drug-likeness (QED) is 0.464. The molecule has 0 radical (unpaired) electrons. The molecule has 1 aromatic heterocycles. The van der Waals surface area contributed by atoms with Crippen LogP contribution in [0.3, 0.4) is 0 Å². The number of carbonyl (C=O) groups excluding carboxylic acids is 1. The highest BCUT2D eigenvalue weighted by Gasteiger charge is 2.35. The standard InChI is InChI=1S/C23H31N5O2S2/c1-6-8-27-20(26-11-9-25(7-2)10-12-26)17(16(5)18(14-24)21(27)29)13-19-22(30)28(15(3)4)23(31)32-19/h13,15H,6-12H2,1-5H3/b19-13+. The number of hydrogen-bond acceptors (Lipinski definition) is 7. The highest BCUT2D eigenvalue weighted by molar-refractivity contribution is 8.26. The number of rotatable bonds is 6. The van der Waals surface area contributed by atoms with Crippen molar-refractivity contribution in [3.05, 3.63) is 31.9 Å². The van der Waals surface area contributed by atoms with Gasteiger partial charge in [0, 0.05) is 44.3 Å². The van der Waals surface area contributed by atoms with E-state index >= 15 is 0 Å². The van der Waals surface area contributed by atoms with Crippen LogP contribution in [0.2, 0.25) is 0 Å². The van der Waals surface area contributed by atoms with Crippen LogP contribution >= 0.6 is 24.0 Å². The molecule has 0 N–H and O–H groups in total. The first-order valence-corrected chi connectivity index (χ1v) is 12.4. The zero-order chi connectivity index (χ0) is 23.6. The van der Waals surface area contributed by atoms with Crippen molar-refractivity contribution in [2.75, 3.05) is 37.6 Å². The number of hydrogen-bond donors (Lipinski definition) is 0. The summed E-state index contributed by atoms with van der Waals surface area (Å²) in [5.74, 6) is 0.682. The number of piperazine rings is 1. The highest BCUT2D eigenvalue weighted by atomic mass is 32.2. The molecule has 1 aromatic rings. The van der Waals surface area contributed by atoms with Crippen LogP contribution in [0.15, 0.2) is 9.70 Å². The molecule has 32 heavy (non-hydrogen) atoms. The fourth-order valence-corrected chi connectivity index (χ4v) is 5.75. The maximum Gasteiger partial charge on any atom is 0.270 e. The van der Waals surface area contributed by atoms with E-state index in [2.05, 4.69) is 22.8 Å². The molecule has 0 bridgehead atoms. The second-order valence-corrected chi connectivity index (χ2v) is 10.0. The minimum absolute atomic E-state index is 0.0280. The van der Waals surface area contributed by atoms with Gasteiger partial charge in [0.1, 0.15) is 21.8 Å². The first-order chi connectivity index (χ1) is 15.2. The molecule has 0 aliphatic carbocycles. The summed E-state index contributed by atoms with van der Waals surface area (Å²) in [6.07, 6.45) is 2.61. The molecule has 2 saturated heterocycles. The van der Waals surface area contributed by atoms with E-state index in [0.29, 0.717) is 21.3 Å². The van der Waals surface area contributed by atoms with Gasteiger partial charge in [-0.15, -0.1) is 0 Å². The van der Waals surface area contributed by atoms with Crippen molar-refractivity contribution < 1.29 is 4.79 Å². The van der Waals surface area contributed by atoms with Gasteiger partial charge in [-0.2, -0.15) is 5.26 Å². The number of carbonyl (C=O) groups is 1. The zero-order valence-corrected chi connectivity index (χ0v) is 21.1. The van der Waals surface area contributed by atoms with E-state index in [1.807, 2.05) is 26.8 Å². The third kappa shape index (κ3) is 4.49. The molecule has 2 fully saturated rings. The largest absolute Gasteiger partial charge is 0.355 e. The smallest absolute Gasteiger partial charge is 0.270 e. The lowest BCUT2D eigenvalue weighted by molar-refractivity contribution is -0.123. The molecule has 3 rings (SSSR count). The van der Waals surface area contributed by atoms with Gasteiger partial charge >= 0.3 is 0 Å². The number of nitrogens with zero attached hydrogens (tertiary/aromatic N) is 5. The summed E-state index contributed by atoms with van der Waals surface area (Å²) in [5.41, 5.74) is 1.27. The average molecular weight is 474 g/mol. The van der Waals surface area contributed by atoms with Crippen LogP contribution in [-0.2, 0) is 11.3 Å². The van der Waals surface area contributed by atoms with Crippen LogP contribution in [0.25, 0.3) is 6.08 Å². The SMILES string of the molecule is CCCn1c(N2CCN(CC)CC2)c(/C=C2/SC(=S)N(C(C)C)C2=O)c(C)c(C#N)c1=O. The van der Waals surface area contributed by atoms with Crippen LogP contribution in [0.5, 0.6) is 0 Å². The highest BCUT2D eigenvalue weighted by Crippen LogP contribution is 2.37. The Hall–Kier alpha value is -2.15.